The Hall–Kier alpha value is -0.640. The summed E-state index contributed by atoms with van der Waals surface area (Å²) in [6, 6.07) is 0. The molecule has 0 radical (unpaired) electrons. The molecule has 0 aromatic carbocycles. The maximum absolute atomic E-state index is 11.2. The van der Waals surface area contributed by atoms with Crippen LogP contribution in [-0.2, 0) is 9.74 Å². The maximum atomic E-state index is 11.2. The summed E-state index contributed by atoms with van der Waals surface area (Å²) < 4.78 is 11.2. The molecule has 3 nitrogen and oxygen atoms in total. The van der Waals surface area contributed by atoms with E-state index in [0.717, 1.165) is 19.3 Å². The van der Waals surface area contributed by atoms with Gasteiger partial charge >= 0.3 is 5.97 Å². The van der Waals surface area contributed by atoms with Crippen LogP contribution in [0.4, 0.5) is 4.53 Å². The Kier molecular flexibility index (Phi) is 13.0. The Morgan fingerprint density at radius 3 is 2.23 bits per heavy atom. The molecule has 0 aromatic heterocycles. The van der Waals surface area contributed by atoms with Crippen molar-refractivity contribution in [1.29, 1.82) is 0 Å². The van der Waals surface area contributed by atoms with Gasteiger partial charge in [0, 0.05) is 10.9 Å². The van der Waals surface area contributed by atoms with Crippen LogP contribution in [0.3, 0.4) is 0 Å². The fourth-order valence-corrected chi connectivity index (χ4v) is 1.09. The first kappa shape index (κ1) is 14.9. The minimum absolute atomic E-state index is 0. The lowest BCUT2D eigenvalue weighted by Crippen LogP contribution is -1.96. The van der Waals surface area contributed by atoms with Crippen molar-refractivity contribution in [2.75, 3.05) is 0 Å². The van der Waals surface area contributed by atoms with Gasteiger partial charge in [-0.05, 0) is 6.42 Å². The van der Waals surface area contributed by atoms with E-state index in [1.807, 2.05) is 0 Å². The fraction of sp³-hybridized carbons (Fsp3) is 0.889. The van der Waals surface area contributed by atoms with E-state index < -0.39 is 5.97 Å². The highest BCUT2D eigenvalue weighted by molar-refractivity contribution is 5.68. The van der Waals surface area contributed by atoms with Crippen LogP contribution in [0.25, 0.3) is 0 Å². The average Bonchev–Trinajstić information content (AvgIpc) is 2.10. The molecule has 3 N–H and O–H groups in total. The highest BCUT2D eigenvalue weighted by Crippen LogP contribution is 2.07. The Bertz CT molecular complexity index is 120. The summed E-state index contributed by atoms with van der Waals surface area (Å²) in [6.07, 6.45) is 6.75. The zero-order chi connectivity index (χ0) is 9.23. The lowest BCUT2D eigenvalue weighted by molar-refractivity contribution is -0.183. The van der Waals surface area contributed by atoms with Gasteiger partial charge in [0.1, 0.15) is 0 Å². The van der Waals surface area contributed by atoms with Crippen LogP contribution in [0.15, 0.2) is 0 Å². The Balaban J connectivity index is 0. The van der Waals surface area contributed by atoms with Crippen LogP contribution in [0.5, 0.6) is 0 Å². The standard InChI is InChI=1S/C9H17FO2.H3N/c1-2-3-4-5-6-7-8-9(11)12-10;/h2-8H2,1H3;1H3. The summed E-state index contributed by atoms with van der Waals surface area (Å²) in [6.45, 7) is 2.15. The van der Waals surface area contributed by atoms with E-state index in [4.69, 9.17) is 0 Å². The number of halogens is 1. The molecule has 0 rings (SSSR count). The number of hydrogen-bond donors (Lipinski definition) is 1. The molecule has 4 heteroatoms. The lowest BCUT2D eigenvalue weighted by Gasteiger charge is -1.97. The summed E-state index contributed by atoms with van der Waals surface area (Å²) in [7, 11) is 0. The molecule has 0 saturated heterocycles. The van der Waals surface area contributed by atoms with Gasteiger partial charge in [0.2, 0.25) is 0 Å². The van der Waals surface area contributed by atoms with Gasteiger partial charge in [0.05, 0.1) is 0 Å². The van der Waals surface area contributed by atoms with Crippen LogP contribution in [-0.4, -0.2) is 5.97 Å². The molecular weight excluding hydrogens is 173 g/mol. The van der Waals surface area contributed by atoms with Crippen molar-refractivity contribution in [1.82, 2.24) is 6.15 Å². The van der Waals surface area contributed by atoms with E-state index in [0.29, 0.717) is 0 Å². The van der Waals surface area contributed by atoms with Gasteiger partial charge in [-0.2, -0.15) is 0 Å². The zero-order valence-electron chi connectivity index (χ0n) is 8.35. The van der Waals surface area contributed by atoms with E-state index >= 15 is 0 Å². The number of rotatable bonds is 7. The first-order valence-electron chi connectivity index (χ1n) is 4.62. The maximum Gasteiger partial charge on any atom is 0.348 e. The Morgan fingerprint density at radius 1 is 1.15 bits per heavy atom. The van der Waals surface area contributed by atoms with Crippen molar-refractivity contribution in [3.05, 3.63) is 0 Å². The lowest BCUT2D eigenvalue weighted by atomic mass is 10.1. The molecule has 0 aliphatic rings. The Morgan fingerprint density at radius 2 is 1.69 bits per heavy atom. The number of unbranched alkanes of at least 4 members (excludes halogenated alkanes) is 5. The summed E-state index contributed by atoms with van der Waals surface area (Å²) in [4.78, 5) is 13.3. The molecular formula is C9H20FNO2. The summed E-state index contributed by atoms with van der Waals surface area (Å²) in [5, 5.41) is 0. The average molecular weight is 193 g/mol. The third kappa shape index (κ3) is 11.4. The molecule has 0 heterocycles. The number of carbonyl (C=O) groups is 1. The third-order valence-electron chi connectivity index (χ3n) is 1.82. The van der Waals surface area contributed by atoms with E-state index in [1.54, 1.807) is 0 Å². The van der Waals surface area contributed by atoms with Crippen LogP contribution in [0.2, 0.25) is 0 Å². The van der Waals surface area contributed by atoms with Crippen molar-refractivity contribution in [3.8, 4) is 0 Å². The predicted octanol–water partition coefficient (Wildman–Crippen LogP) is 3.33. The molecule has 0 aromatic rings. The third-order valence-corrected chi connectivity index (χ3v) is 1.82. The molecule has 0 saturated carbocycles. The van der Waals surface area contributed by atoms with Gasteiger partial charge in [-0.15, -0.1) is 0 Å². The van der Waals surface area contributed by atoms with Crippen molar-refractivity contribution in [3.63, 3.8) is 0 Å². The van der Waals surface area contributed by atoms with Crippen LogP contribution >= 0.6 is 0 Å². The van der Waals surface area contributed by atoms with E-state index in [-0.39, 0.29) is 12.6 Å². The van der Waals surface area contributed by atoms with Gasteiger partial charge in [0.25, 0.3) is 0 Å². The minimum Gasteiger partial charge on any atom is -0.344 e. The largest absolute Gasteiger partial charge is 0.348 e. The van der Waals surface area contributed by atoms with Crippen LogP contribution in [0, 0.1) is 0 Å². The van der Waals surface area contributed by atoms with Crippen molar-refractivity contribution >= 4 is 5.97 Å². The van der Waals surface area contributed by atoms with Gasteiger partial charge in [-0.25, -0.2) is 4.79 Å². The molecule has 80 valence electrons. The van der Waals surface area contributed by atoms with E-state index in [1.165, 1.54) is 19.3 Å². The van der Waals surface area contributed by atoms with Gasteiger partial charge < -0.3 is 6.15 Å². The topological polar surface area (TPSA) is 61.3 Å². The van der Waals surface area contributed by atoms with Crippen molar-refractivity contribution < 1.29 is 14.3 Å². The van der Waals surface area contributed by atoms with Gasteiger partial charge in [0.15, 0.2) is 0 Å². The molecule has 0 amide bonds. The number of hydrogen-bond acceptors (Lipinski definition) is 3. The van der Waals surface area contributed by atoms with Crippen LogP contribution in [0.1, 0.15) is 51.9 Å². The second-order valence-electron chi connectivity index (χ2n) is 2.97. The molecule has 0 spiro atoms. The summed E-state index contributed by atoms with van der Waals surface area (Å²) in [5.41, 5.74) is 0. The summed E-state index contributed by atoms with van der Waals surface area (Å²) >= 11 is 0. The first-order valence-corrected chi connectivity index (χ1v) is 4.62. The van der Waals surface area contributed by atoms with Crippen molar-refractivity contribution in [2.45, 2.75) is 51.9 Å². The van der Waals surface area contributed by atoms with Gasteiger partial charge in [-0.3, -0.25) is 4.94 Å². The molecule has 0 atom stereocenters. The quantitative estimate of drug-likeness (QED) is 0.631. The zero-order valence-corrected chi connectivity index (χ0v) is 8.35. The van der Waals surface area contributed by atoms with Crippen molar-refractivity contribution in [2.24, 2.45) is 0 Å². The monoisotopic (exact) mass is 193 g/mol. The molecule has 0 aliphatic heterocycles. The predicted molar refractivity (Wildman–Crippen MR) is 50.2 cm³/mol. The molecule has 0 aliphatic carbocycles. The molecule has 0 fully saturated rings. The van der Waals surface area contributed by atoms with Crippen LogP contribution < -0.4 is 6.15 Å². The SMILES string of the molecule is CCCCCCCCC(=O)OF.N. The van der Waals surface area contributed by atoms with E-state index in [9.17, 15) is 9.32 Å². The minimum atomic E-state index is -0.745. The first-order chi connectivity index (χ1) is 5.81. The highest BCUT2D eigenvalue weighted by atomic mass is 19.3. The fourth-order valence-electron chi connectivity index (χ4n) is 1.09. The second kappa shape index (κ2) is 11.4. The van der Waals surface area contributed by atoms with Gasteiger partial charge in [-0.1, -0.05) is 39.0 Å². The normalized spacial score (nSPS) is 9.08. The molecule has 13 heavy (non-hydrogen) atoms. The summed E-state index contributed by atoms with van der Waals surface area (Å²) in [5.74, 6) is -0.745. The highest BCUT2D eigenvalue weighted by Gasteiger charge is 2.01. The number of carbonyl (C=O) groups excluding carboxylic acids is 1. The molecule has 0 unspecified atom stereocenters. The van der Waals surface area contributed by atoms with E-state index in [2.05, 4.69) is 11.9 Å². The Labute approximate surface area is 79.1 Å². The second-order valence-corrected chi connectivity index (χ2v) is 2.97. The molecule has 0 bridgehead atoms. The smallest absolute Gasteiger partial charge is 0.344 e.